The molecule has 2 aliphatic rings. The van der Waals surface area contributed by atoms with Crippen molar-refractivity contribution in [1.82, 2.24) is 0 Å². The Balaban J connectivity index is 1.88. The molecule has 2 rings (SSSR count). The van der Waals surface area contributed by atoms with Crippen molar-refractivity contribution < 1.29 is 12.6 Å². The standard InChI is InChI=1S/C8H13NO3S/c9-13(10,11)12-5-8-4-6-1-2-7(8)3-6/h1-2,6-8H,3-5H2,(H2,9,10,11)/t6-,7?,8?/m0/s1. The molecule has 5 heteroatoms. The van der Waals surface area contributed by atoms with Crippen molar-refractivity contribution in [2.45, 2.75) is 12.8 Å². The molecule has 0 spiro atoms. The van der Waals surface area contributed by atoms with E-state index in [4.69, 9.17) is 5.14 Å². The third kappa shape index (κ3) is 2.10. The van der Waals surface area contributed by atoms with E-state index in [-0.39, 0.29) is 6.61 Å². The van der Waals surface area contributed by atoms with Crippen LogP contribution in [0, 0.1) is 17.8 Å². The van der Waals surface area contributed by atoms with Gasteiger partial charge in [-0.15, -0.1) is 0 Å². The van der Waals surface area contributed by atoms with Crippen molar-refractivity contribution in [3.05, 3.63) is 12.2 Å². The molecule has 4 nitrogen and oxygen atoms in total. The lowest BCUT2D eigenvalue weighted by molar-refractivity contribution is 0.233. The molecule has 0 aromatic heterocycles. The van der Waals surface area contributed by atoms with E-state index in [1.807, 2.05) is 0 Å². The highest BCUT2D eigenvalue weighted by Gasteiger charge is 2.36. The lowest BCUT2D eigenvalue weighted by Crippen LogP contribution is -2.22. The minimum atomic E-state index is -3.75. The maximum atomic E-state index is 10.5. The van der Waals surface area contributed by atoms with Crippen LogP contribution in [0.25, 0.3) is 0 Å². The smallest absolute Gasteiger partial charge is 0.258 e. The fraction of sp³-hybridized carbons (Fsp3) is 0.750. The van der Waals surface area contributed by atoms with Gasteiger partial charge in [0.25, 0.3) is 0 Å². The first-order chi connectivity index (χ1) is 6.04. The highest BCUT2D eigenvalue weighted by Crippen LogP contribution is 2.43. The van der Waals surface area contributed by atoms with Crippen LogP contribution in [-0.4, -0.2) is 15.0 Å². The van der Waals surface area contributed by atoms with E-state index in [2.05, 4.69) is 16.3 Å². The summed E-state index contributed by atoms with van der Waals surface area (Å²) >= 11 is 0. The highest BCUT2D eigenvalue weighted by atomic mass is 32.2. The number of nitrogens with two attached hydrogens (primary N) is 1. The van der Waals surface area contributed by atoms with E-state index >= 15 is 0 Å². The van der Waals surface area contributed by atoms with Crippen molar-refractivity contribution in [2.24, 2.45) is 22.9 Å². The van der Waals surface area contributed by atoms with Gasteiger partial charge in [-0.2, -0.15) is 8.42 Å². The van der Waals surface area contributed by atoms with Crippen LogP contribution < -0.4 is 5.14 Å². The SMILES string of the molecule is NS(=O)(=O)OCC1C[C@H]2C=CC1C2. The Hall–Kier alpha value is -0.390. The Kier molecular flexibility index (Phi) is 2.17. The van der Waals surface area contributed by atoms with Gasteiger partial charge in [0, 0.05) is 0 Å². The van der Waals surface area contributed by atoms with Crippen LogP contribution in [0.5, 0.6) is 0 Å². The van der Waals surface area contributed by atoms with Crippen molar-refractivity contribution in [3.63, 3.8) is 0 Å². The van der Waals surface area contributed by atoms with Crippen LogP contribution in [0.4, 0.5) is 0 Å². The Morgan fingerprint density at radius 2 is 2.15 bits per heavy atom. The van der Waals surface area contributed by atoms with Gasteiger partial charge >= 0.3 is 10.3 Å². The molecule has 0 heterocycles. The van der Waals surface area contributed by atoms with Crippen LogP contribution in [0.15, 0.2) is 12.2 Å². The third-order valence-electron chi connectivity index (χ3n) is 2.86. The van der Waals surface area contributed by atoms with Gasteiger partial charge in [-0.25, -0.2) is 5.14 Å². The Labute approximate surface area is 78.0 Å². The van der Waals surface area contributed by atoms with Crippen LogP contribution in [0.2, 0.25) is 0 Å². The van der Waals surface area contributed by atoms with Gasteiger partial charge in [0.2, 0.25) is 0 Å². The molecule has 0 amide bonds. The molecule has 2 unspecified atom stereocenters. The number of allylic oxidation sites excluding steroid dienone is 2. The van der Waals surface area contributed by atoms with Gasteiger partial charge in [0.1, 0.15) is 0 Å². The quantitative estimate of drug-likeness (QED) is 0.676. The van der Waals surface area contributed by atoms with Crippen molar-refractivity contribution >= 4 is 10.3 Å². The fourth-order valence-electron chi connectivity index (χ4n) is 2.27. The first kappa shape index (κ1) is 9.18. The largest absolute Gasteiger partial charge is 0.333 e. The lowest BCUT2D eigenvalue weighted by Gasteiger charge is -2.16. The van der Waals surface area contributed by atoms with Gasteiger partial charge in [0.15, 0.2) is 0 Å². The average molecular weight is 203 g/mol. The molecule has 3 atom stereocenters. The van der Waals surface area contributed by atoms with E-state index < -0.39 is 10.3 Å². The normalized spacial score (nSPS) is 37.2. The highest BCUT2D eigenvalue weighted by molar-refractivity contribution is 7.84. The van der Waals surface area contributed by atoms with Gasteiger partial charge in [-0.05, 0) is 30.6 Å². The molecule has 0 radical (unpaired) electrons. The fourth-order valence-corrected chi connectivity index (χ4v) is 2.63. The molecular weight excluding hydrogens is 190 g/mol. The van der Waals surface area contributed by atoms with Crippen molar-refractivity contribution in [3.8, 4) is 0 Å². The Morgan fingerprint density at radius 1 is 1.38 bits per heavy atom. The predicted molar refractivity (Wildman–Crippen MR) is 47.9 cm³/mol. The molecule has 0 aromatic carbocycles. The molecule has 13 heavy (non-hydrogen) atoms. The van der Waals surface area contributed by atoms with Crippen LogP contribution in [0.3, 0.4) is 0 Å². The zero-order valence-electron chi connectivity index (χ0n) is 7.22. The third-order valence-corrected chi connectivity index (χ3v) is 3.33. The molecule has 0 aliphatic heterocycles. The van der Waals surface area contributed by atoms with E-state index in [1.54, 1.807) is 0 Å². The first-order valence-corrected chi connectivity index (χ1v) is 5.87. The molecule has 0 saturated heterocycles. The zero-order chi connectivity index (χ0) is 9.47. The monoisotopic (exact) mass is 203 g/mol. The predicted octanol–water partition coefficient (Wildman–Crippen LogP) is 0.419. The summed E-state index contributed by atoms with van der Waals surface area (Å²) in [5.41, 5.74) is 0. The maximum absolute atomic E-state index is 10.5. The van der Waals surface area contributed by atoms with Gasteiger partial charge in [-0.1, -0.05) is 12.2 Å². The number of fused-ring (bicyclic) bond motifs is 2. The summed E-state index contributed by atoms with van der Waals surface area (Å²) in [6, 6.07) is 0. The molecule has 74 valence electrons. The van der Waals surface area contributed by atoms with E-state index in [0.717, 1.165) is 12.8 Å². The summed E-state index contributed by atoms with van der Waals surface area (Å²) in [5.74, 6) is 1.49. The minimum Gasteiger partial charge on any atom is -0.258 e. The Bertz CT molecular complexity index is 322. The maximum Gasteiger partial charge on any atom is 0.333 e. The summed E-state index contributed by atoms with van der Waals surface area (Å²) < 4.78 is 25.6. The summed E-state index contributed by atoms with van der Waals surface area (Å²) in [6.45, 7) is 0.240. The number of hydrogen-bond donors (Lipinski definition) is 1. The van der Waals surface area contributed by atoms with Gasteiger partial charge in [-0.3, -0.25) is 4.18 Å². The van der Waals surface area contributed by atoms with Crippen molar-refractivity contribution in [2.75, 3.05) is 6.61 Å². The van der Waals surface area contributed by atoms with Gasteiger partial charge < -0.3 is 0 Å². The molecule has 2 N–H and O–H groups in total. The second-order valence-corrected chi connectivity index (χ2v) is 5.04. The van der Waals surface area contributed by atoms with E-state index in [1.165, 1.54) is 0 Å². The molecule has 2 bridgehead atoms. The molecule has 1 fully saturated rings. The second kappa shape index (κ2) is 3.08. The number of hydrogen-bond acceptors (Lipinski definition) is 3. The van der Waals surface area contributed by atoms with E-state index in [0.29, 0.717) is 17.8 Å². The molecule has 1 saturated carbocycles. The molecule has 2 aliphatic carbocycles. The molecular formula is C8H13NO3S. The summed E-state index contributed by atoms with van der Waals surface area (Å²) in [7, 11) is -3.75. The van der Waals surface area contributed by atoms with Crippen LogP contribution in [-0.2, 0) is 14.5 Å². The lowest BCUT2D eigenvalue weighted by atomic mass is 9.95. The Morgan fingerprint density at radius 3 is 2.62 bits per heavy atom. The van der Waals surface area contributed by atoms with Crippen molar-refractivity contribution in [1.29, 1.82) is 0 Å². The second-order valence-electron chi connectivity index (χ2n) is 3.82. The average Bonchev–Trinajstić information content (AvgIpc) is 2.58. The summed E-state index contributed by atoms with van der Waals surface area (Å²) in [6.07, 6.45) is 6.55. The number of rotatable bonds is 3. The van der Waals surface area contributed by atoms with Crippen LogP contribution in [0.1, 0.15) is 12.8 Å². The topological polar surface area (TPSA) is 69.4 Å². The summed E-state index contributed by atoms with van der Waals surface area (Å²) in [5, 5.41) is 4.74. The minimum absolute atomic E-state index is 0.240. The van der Waals surface area contributed by atoms with Crippen LogP contribution >= 0.6 is 0 Å². The first-order valence-electron chi connectivity index (χ1n) is 4.40. The van der Waals surface area contributed by atoms with Gasteiger partial charge in [0.05, 0.1) is 6.61 Å². The summed E-state index contributed by atoms with van der Waals surface area (Å²) in [4.78, 5) is 0. The molecule has 0 aromatic rings. The zero-order valence-corrected chi connectivity index (χ0v) is 8.03. The van der Waals surface area contributed by atoms with E-state index in [9.17, 15) is 8.42 Å².